The Hall–Kier alpha value is -0.570. The summed E-state index contributed by atoms with van der Waals surface area (Å²) in [7, 11) is 0. The fraction of sp³-hybridized carbons (Fsp3) is 0.933. The Morgan fingerprint density at radius 1 is 1.22 bits per heavy atom. The van der Waals surface area contributed by atoms with Crippen LogP contribution < -0.4 is 0 Å². The standard InChI is InChI=1S/C15H27NO2/c1-10-6-8-16(13(10)14(17)18)12-5-7-15(3,4)9-11(12)2/h10-13H,5-9H2,1-4H3,(H,17,18). The van der Waals surface area contributed by atoms with E-state index in [0.29, 0.717) is 23.3 Å². The molecule has 0 radical (unpaired) electrons. The van der Waals surface area contributed by atoms with E-state index >= 15 is 0 Å². The first-order chi connectivity index (χ1) is 8.32. The molecule has 1 saturated carbocycles. The van der Waals surface area contributed by atoms with Gasteiger partial charge in [-0.25, -0.2) is 0 Å². The number of aliphatic carboxylic acids is 1. The number of likely N-dealkylation sites (tertiary alicyclic amines) is 1. The molecule has 2 aliphatic rings. The maximum atomic E-state index is 11.5. The van der Waals surface area contributed by atoms with Crippen LogP contribution in [0.4, 0.5) is 0 Å². The van der Waals surface area contributed by atoms with E-state index in [1.165, 1.54) is 12.8 Å². The second kappa shape index (κ2) is 4.84. The quantitative estimate of drug-likeness (QED) is 0.822. The molecule has 0 aromatic heterocycles. The highest BCUT2D eigenvalue weighted by atomic mass is 16.4. The first-order valence-electron chi connectivity index (χ1n) is 7.30. The predicted molar refractivity (Wildman–Crippen MR) is 72.5 cm³/mol. The fourth-order valence-corrected chi connectivity index (χ4v) is 4.16. The van der Waals surface area contributed by atoms with E-state index in [1.807, 2.05) is 0 Å². The van der Waals surface area contributed by atoms with Crippen molar-refractivity contribution in [2.45, 2.75) is 65.5 Å². The van der Waals surface area contributed by atoms with Crippen LogP contribution >= 0.6 is 0 Å². The second-order valence-corrected chi connectivity index (χ2v) is 7.24. The number of rotatable bonds is 2. The van der Waals surface area contributed by atoms with Crippen molar-refractivity contribution in [3.8, 4) is 0 Å². The van der Waals surface area contributed by atoms with E-state index in [1.54, 1.807) is 0 Å². The highest BCUT2D eigenvalue weighted by Gasteiger charge is 2.44. The molecule has 3 nitrogen and oxygen atoms in total. The molecule has 0 amide bonds. The molecule has 1 N–H and O–H groups in total. The minimum absolute atomic E-state index is 0.251. The van der Waals surface area contributed by atoms with Gasteiger partial charge in [-0.05, 0) is 49.5 Å². The largest absolute Gasteiger partial charge is 0.480 e. The number of hydrogen-bond donors (Lipinski definition) is 1. The molecule has 0 spiro atoms. The lowest BCUT2D eigenvalue weighted by molar-refractivity contribution is -0.145. The molecule has 18 heavy (non-hydrogen) atoms. The number of hydrogen-bond acceptors (Lipinski definition) is 2. The lowest BCUT2D eigenvalue weighted by Gasteiger charge is -2.44. The number of carboxylic acids is 1. The zero-order valence-electron chi connectivity index (χ0n) is 12.1. The van der Waals surface area contributed by atoms with Gasteiger partial charge in [0.2, 0.25) is 0 Å². The van der Waals surface area contributed by atoms with Gasteiger partial charge in [-0.3, -0.25) is 9.69 Å². The summed E-state index contributed by atoms with van der Waals surface area (Å²) in [4.78, 5) is 13.7. The van der Waals surface area contributed by atoms with E-state index < -0.39 is 5.97 Å². The van der Waals surface area contributed by atoms with Gasteiger partial charge < -0.3 is 5.11 Å². The van der Waals surface area contributed by atoms with Crippen molar-refractivity contribution >= 4 is 5.97 Å². The lowest BCUT2D eigenvalue weighted by atomic mass is 9.70. The van der Waals surface area contributed by atoms with Crippen LogP contribution in [0.1, 0.15) is 53.4 Å². The van der Waals surface area contributed by atoms with Gasteiger partial charge in [0.25, 0.3) is 0 Å². The molecule has 2 rings (SSSR count). The van der Waals surface area contributed by atoms with Crippen LogP contribution in [0, 0.1) is 17.3 Å². The normalized spacial score (nSPS) is 40.9. The van der Waals surface area contributed by atoms with Gasteiger partial charge in [-0.1, -0.05) is 27.7 Å². The molecular weight excluding hydrogens is 226 g/mol. The molecule has 1 aliphatic carbocycles. The summed E-state index contributed by atoms with van der Waals surface area (Å²) in [6.07, 6.45) is 4.63. The first-order valence-corrected chi connectivity index (χ1v) is 7.30. The van der Waals surface area contributed by atoms with Crippen molar-refractivity contribution in [3.63, 3.8) is 0 Å². The highest BCUT2D eigenvalue weighted by Crippen LogP contribution is 2.42. The average molecular weight is 253 g/mol. The maximum Gasteiger partial charge on any atom is 0.321 e. The van der Waals surface area contributed by atoms with Crippen LogP contribution in [-0.2, 0) is 4.79 Å². The van der Waals surface area contributed by atoms with Crippen LogP contribution in [0.5, 0.6) is 0 Å². The average Bonchev–Trinajstić information content (AvgIpc) is 2.58. The van der Waals surface area contributed by atoms with Crippen LogP contribution in [0.2, 0.25) is 0 Å². The molecule has 1 saturated heterocycles. The van der Waals surface area contributed by atoms with Gasteiger partial charge >= 0.3 is 5.97 Å². The third kappa shape index (κ3) is 2.56. The van der Waals surface area contributed by atoms with Crippen LogP contribution in [-0.4, -0.2) is 34.6 Å². The van der Waals surface area contributed by atoms with Crippen LogP contribution in [0.15, 0.2) is 0 Å². The second-order valence-electron chi connectivity index (χ2n) is 7.24. The third-order valence-electron chi connectivity index (χ3n) is 5.07. The highest BCUT2D eigenvalue weighted by molar-refractivity contribution is 5.74. The summed E-state index contributed by atoms with van der Waals surface area (Å²) in [5.74, 6) is 0.280. The molecule has 104 valence electrons. The van der Waals surface area contributed by atoms with Crippen LogP contribution in [0.25, 0.3) is 0 Å². The Balaban J connectivity index is 2.10. The molecule has 0 aromatic rings. The Labute approximate surface area is 111 Å². The molecule has 3 heteroatoms. The van der Waals surface area contributed by atoms with Gasteiger partial charge in [-0.15, -0.1) is 0 Å². The molecule has 2 fully saturated rings. The predicted octanol–water partition coefficient (Wildman–Crippen LogP) is 3.00. The van der Waals surface area contributed by atoms with Crippen LogP contribution in [0.3, 0.4) is 0 Å². The maximum absolute atomic E-state index is 11.5. The van der Waals surface area contributed by atoms with Gasteiger partial charge in [0.05, 0.1) is 0 Å². The fourth-order valence-electron chi connectivity index (χ4n) is 4.16. The Bertz CT molecular complexity index is 326. The van der Waals surface area contributed by atoms with Crippen molar-refractivity contribution in [3.05, 3.63) is 0 Å². The summed E-state index contributed by atoms with van der Waals surface area (Å²) in [5.41, 5.74) is 0.431. The molecule has 1 aliphatic heterocycles. The molecule has 1 heterocycles. The summed E-state index contributed by atoms with van der Waals surface area (Å²) in [5, 5.41) is 9.43. The van der Waals surface area contributed by atoms with Gasteiger partial charge in [0.1, 0.15) is 6.04 Å². The van der Waals surface area contributed by atoms with E-state index in [2.05, 4.69) is 32.6 Å². The number of carbonyl (C=O) groups is 1. The van der Waals surface area contributed by atoms with Crippen molar-refractivity contribution in [1.29, 1.82) is 0 Å². The molecule has 4 unspecified atom stereocenters. The molecule has 0 bridgehead atoms. The van der Waals surface area contributed by atoms with Crippen molar-refractivity contribution < 1.29 is 9.90 Å². The minimum Gasteiger partial charge on any atom is -0.480 e. The SMILES string of the molecule is CC1CC(C)(C)CCC1N1CCC(C)C1C(=O)O. The zero-order valence-corrected chi connectivity index (χ0v) is 12.1. The Morgan fingerprint density at radius 2 is 1.89 bits per heavy atom. The third-order valence-corrected chi connectivity index (χ3v) is 5.07. The molecular formula is C15H27NO2. The molecule has 4 atom stereocenters. The van der Waals surface area contributed by atoms with Crippen molar-refractivity contribution in [1.82, 2.24) is 4.90 Å². The van der Waals surface area contributed by atoms with Crippen molar-refractivity contribution in [2.24, 2.45) is 17.3 Å². The number of carboxylic acid groups (broad SMARTS) is 1. The topological polar surface area (TPSA) is 40.5 Å². The summed E-state index contributed by atoms with van der Waals surface area (Å²) in [6.45, 7) is 10.0. The minimum atomic E-state index is -0.628. The van der Waals surface area contributed by atoms with E-state index in [-0.39, 0.29) is 6.04 Å². The van der Waals surface area contributed by atoms with Gasteiger partial charge in [0.15, 0.2) is 0 Å². The van der Waals surface area contributed by atoms with Gasteiger partial charge in [0, 0.05) is 6.04 Å². The van der Waals surface area contributed by atoms with E-state index in [9.17, 15) is 9.90 Å². The monoisotopic (exact) mass is 253 g/mol. The van der Waals surface area contributed by atoms with E-state index in [4.69, 9.17) is 0 Å². The van der Waals surface area contributed by atoms with Crippen molar-refractivity contribution in [2.75, 3.05) is 6.54 Å². The number of nitrogens with zero attached hydrogens (tertiary/aromatic N) is 1. The van der Waals surface area contributed by atoms with E-state index in [0.717, 1.165) is 19.4 Å². The Kier molecular flexibility index (Phi) is 3.72. The smallest absolute Gasteiger partial charge is 0.321 e. The first kappa shape index (κ1) is 13.9. The summed E-state index contributed by atoms with van der Waals surface area (Å²) >= 11 is 0. The Morgan fingerprint density at radius 3 is 2.44 bits per heavy atom. The zero-order chi connectivity index (χ0) is 13.5. The summed E-state index contributed by atoms with van der Waals surface area (Å²) < 4.78 is 0. The lowest BCUT2D eigenvalue weighted by Crippen LogP contribution is -2.50. The molecule has 0 aromatic carbocycles. The summed E-state index contributed by atoms with van der Waals surface area (Å²) in [6, 6.07) is 0.225. The van der Waals surface area contributed by atoms with Gasteiger partial charge in [-0.2, -0.15) is 0 Å².